The summed E-state index contributed by atoms with van der Waals surface area (Å²) < 4.78 is 29.1. The predicted octanol–water partition coefficient (Wildman–Crippen LogP) is 1.10. The van der Waals surface area contributed by atoms with Gasteiger partial charge in [-0.2, -0.15) is 0 Å². The van der Waals surface area contributed by atoms with Gasteiger partial charge in [0.25, 0.3) is 0 Å². The fourth-order valence-electron chi connectivity index (χ4n) is 1.97. The summed E-state index contributed by atoms with van der Waals surface area (Å²) >= 11 is 0. The molecule has 1 aliphatic heterocycles. The molecule has 5 heteroatoms. The van der Waals surface area contributed by atoms with E-state index in [1.807, 2.05) is 6.92 Å². The molecule has 0 aliphatic carbocycles. The van der Waals surface area contributed by atoms with Crippen molar-refractivity contribution in [3.8, 4) is 0 Å². The van der Waals surface area contributed by atoms with Gasteiger partial charge < -0.3 is 10.5 Å². The summed E-state index contributed by atoms with van der Waals surface area (Å²) in [6.45, 7) is 3.13. The molecule has 0 aromatic carbocycles. The second-order valence-electron chi connectivity index (χ2n) is 4.65. The number of unbranched alkanes of at least 4 members (excludes halogenated alkanes) is 1. The predicted molar refractivity (Wildman–Crippen MR) is 65.1 cm³/mol. The van der Waals surface area contributed by atoms with Crippen molar-refractivity contribution in [2.75, 3.05) is 19.0 Å². The highest BCUT2D eigenvalue weighted by molar-refractivity contribution is 7.92. The van der Waals surface area contributed by atoms with E-state index in [0.29, 0.717) is 31.8 Å². The lowest BCUT2D eigenvalue weighted by Gasteiger charge is -2.22. The van der Waals surface area contributed by atoms with Crippen LogP contribution in [0.1, 0.15) is 39.0 Å². The lowest BCUT2D eigenvalue weighted by Crippen LogP contribution is -2.30. The van der Waals surface area contributed by atoms with Crippen LogP contribution in [0.3, 0.4) is 0 Å². The lowest BCUT2D eigenvalue weighted by molar-refractivity contribution is 0.0983. The summed E-state index contributed by atoms with van der Waals surface area (Å²) in [5.41, 5.74) is 5.62. The van der Waals surface area contributed by atoms with E-state index in [-0.39, 0.29) is 11.3 Å². The van der Waals surface area contributed by atoms with Crippen molar-refractivity contribution in [1.29, 1.82) is 0 Å². The van der Waals surface area contributed by atoms with Crippen molar-refractivity contribution in [3.05, 3.63) is 0 Å². The third-order valence-corrected chi connectivity index (χ3v) is 5.36. The molecule has 1 heterocycles. The molecule has 1 aliphatic rings. The van der Waals surface area contributed by atoms with E-state index in [9.17, 15) is 8.42 Å². The summed E-state index contributed by atoms with van der Waals surface area (Å²) in [4.78, 5) is 0. The van der Waals surface area contributed by atoms with Crippen LogP contribution in [0.4, 0.5) is 0 Å². The molecule has 0 bridgehead atoms. The highest BCUT2D eigenvalue weighted by Gasteiger charge is 2.26. The van der Waals surface area contributed by atoms with Crippen molar-refractivity contribution in [2.24, 2.45) is 5.73 Å². The van der Waals surface area contributed by atoms with E-state index in [2.05, 4.69) is 0 Å². The van der Waals surface area contributed by atoms with E-state index < -0.39 is 9.84 Å². The lowest BCUT2D eigenvalue weighted by atomic mass is 10.2. The molecule has 4 nitrogen and oxygen atoms in total. The van der Waals surface area contributed by atoms with Crippen LogP contribution in [0.5, 0.6) is 0 Å². The second-order valence-corrected chi connectivity index (χ2v) is 7.05. The highest BCUT2D eigenvalue weighted by atomic mass is 32.2. The van der Waals surface area contributed by atoms with Crippen LogP contribution >= 0.6 is 0 Å². The zero-order chi connectivity index (χ0) is 12.0. The number of hydrogen-bond donors (Lipinski definition) is 1. The quantitative estimate of drug-likeness (QED) is 0.716. The summed E-state index contributed by atoms with van der Waals surface area (Å²) in [6.07, 6.45) is 3.87. The molecule has 0 saturated carbocycles. The molecule has 0 spiro atoms. The van der Waals surface area contributed by atoms with Gasteiger partial charge in [0.05, 0.1) is 11.0 Å². The first-order valence-corrected chi connectivity index (χ1v) is 7.79. The number of sulfone groups is 1. The van der Waals surface area contributed by atoms with Gasteiger partial charge in [-0.05, 0) is 32.6 Å². The van der Waals surface area contributed by atoms with Crippen molar-refractivity contribution in [1.82, 2.24) is 0 Å². The molecule has 1 saturated heterocycles. The molecule has 0 aromatic heterocycles. The number of ether oxygens (including phenoxy) is 1. The maximum absolute atomic E-state index is 11.9. The molecule has 1 rings (SSSR count). The molecular weight excluding hydrogens is 226 g/mol. The van der Waals surface area contributed by atoms with Crippen molar-refractivity contribution < 1.29 is 13.2 Å². The average Bonchev–Trinajstić information content (AvgIpc) is 2.26. The van der Waals surface area contributed by atoms with Gasteiger partial charge in [-0.1, -0.05) is 6.42 Å². The van der Waals surface area contributed by atoms with Crippen LogP contribution in [0.25, 0.3) is 0 Å². The molecular formula is C11H23NO3S. The third kappa shape index (κ3) is 4.80. The van der Waals surface area contributed by atoms with Crippen molar-refractivity contribution in [3.63, 3.8) is 0 Å². The molecule has 2 N–H and O–H groups in total. The Labute approximate surface area is 98.5 Å². The zero-order valence-corrected chi connectivity index (χ0v) is 10.8. The maximum atomic E-state index is 11.9. The molecule has 1 atom stereocenters. The van der Waals surface area contributed by atoms with Crippen LogP contribution < -0.4 is 5.73 Å². The molecule has 0 radical (unpaired) electrons. The average molecular weight is 249 g/mol. The molecule has 0 amide bonds. The summed E-state index contributed by atoms with van der Waals surface area (Å²) in [5, 5.41) is -0.170. The zero-order valence-electron chi connectivity index (χ0n) is 10.0. The number of rotatable bonds is 6. The molecule has 1 fully saturated rings. The highest BCUT2D eigenvalue weighted by Crippen LogP contribution is 2.17. The van der Waals surface area contributed by atoms with E-state index in [4.69, 9.17) is 10.5 Å². The first kappa shape index (κ1) is 13.9. The summed E-state index contributed by atoms with van der Waals surface area (Å²) in [7, 11) is -2.90. The topological polar surface area (TPSA) is 69.4 Å². The largest absolute Gasteiger partial charge is 0.381 e. The van der Waals surface area contributed by atoms with Gasteiger partial charge in [-0.3, -0.25) is 0 Å². The Balaban J connectivity index is 2.27. The Bertz CT molecular complexity index is 282. The summed E-state index contributed by atoms with van der Waals surface area (Å²) in [5.74, 6) is 0.310. The Kier molecular flexibility index (Phi) is 5.72. The molecule has 16 heavy (non-hydrogen) atoms. The minimum atomic E-state index is -2.90. The first-order chi connectivity index (χ1) is 7.52. The van der Waals surface area contributed by atoms with Gasteiger partial charge in [0.1, 0.15) is 0 Å². The van der Waals surface area contributed by atoms with E-state index in [1.54, 1.807) is 0 Å². The van der Waals surface area contributed by atoms with Crippen LogP contribution in [0.15, 0.2) is 0 Å². The Morgan fingerprint density at radius 1 is 1.31 bits per heavy atom. The second kappa shape index (κ2) is 6.57. The van der Waals surface area contributed by atoms with Gasteiger partial charge >= 0.3 is 0 Å². The summed E-state index contributed by atoms with van der Waals surface area (Å²) in [6, 6.07) is 0.172. The van der Waals surface area contributed by atoms with Crippen molar-refractivity contribution >= 4 is 9.84 Å². The van der Waals surface area contributed by atoms with Crippen LogP contribution in [0.2, 0.25) is 0 Å². The Hall–Kier alpha value is -0.130. The molecule has 0 aromatic rings. The normalized spacial score (nSPS) is 20.9. The van der Waals surface area contributed by atoms with Crippen molar-refractivity contribution in [2.45, 2.75) is 50.3 Å². The Morgan fingerprint density at radius 3 is 2.50 bits per heavy atom. The van der Waals surface area contributed by atoms with Crippen LogP contribution in [0, 0.1) is 0 Å². The first-order valence-electron chi connectivity index (χ1n) is 6.07. The van der Waals surface area contributed by atoms with E-state index in [1.165, 1.54) is 0 Å². The van der Waals surface area contributed by atoms with Gasteiger partial charge in [-0.15, -0.1) is 0 Å². The smallest absolute Gasteiger partial charge is 0.153 e. The van der Waals surface area contributed by atoms with E-state index in [0.717, 1.165) is 19.3 Å². The SMILES string of the molecule is CC(N)CCCCS(=O)(=O)C1CCOCC1. The minimum Gasteiger partial charge on any atom is -0.381 e. The Morgan fingerprint density at radius 2 is 1.94 bits per heavy atom. The van der Waals surface area contributed by atoms with E-state index >= 15 is 0 Å². The number of hydrogen-bond acceptors (Lipinski definition) is 4. The third-order valence-electron chi connectivity index (χ3n) is 3.01. The van der Waals surface area contributed by atoms with Gasteiger partial charge in [0, 0.05) is 19.3 Å². The van der Waals surface area contributed by atoms with Crippen LogP contribution in [-0.4, -0.2) is 38.7 Å². The monoisotopic (exact) mass is 249 g/mol. The molecule has 1 unspecified atom stereocenters. The molecule has 96 valence electrons. The van der Waals surface area contributed by atoms with Gasteiger partial charge in [0.2, 0.25) is 0 Å². The number of nitrogens with two attached hydrogens (primary N) is 1. The standard InChI is InChI=1S/C11H23NO3S/c1-10(12)4-2-3-9-16(13,14)11-5-7-15-8-6-11/h10-11H,2-9,12H2,1H3. The van der Waals surface area contributed by atoms with Gasteiger partial charge in [0.15, 0.2) is 9.84 Å². The minimum absolute atomic E-state index is 0.170. The maximum Gasteiger partial charge on any atom is 0.153 e. The fraction of sp³-hybridized carbons (Fsp3) is 1.00. The van der Waals surface area contributed by atoms with Crippen LogP contribution in [-0.2, 0) is 14.6 Å². The van der Waals surface area contributed by atoms with Gasteiger partial charge in [-0.25, -0.2) is 8.42 Å². The fourth-order valence-corrected chi connectivity index (χ4v) is 3.82.